The number of carbonyl (C=O) groups is 2. The Labute approximate surface area is 136 Å². The number of anilines is 1. The average Bonchev–Trinajstić information content (AvgIpc) is 2.46. The van der Waals surface area contributed by atoms with E-state index in [0.717, 1.165) is 0 Å². The zero-order chi connectivity index (χ0) is 15.6. The number of Topliss-reactive ketones (excluding diaryl/α,β-unsaturated/α-hetero) is 1. The molecule has 2 rings (SSSR count). The van der Waals surface area contributed by atoms with E-state index in [1.165, 1.54) is 12.1 Å². The fourth-order valence-electron chi connectivity index (χ4n) is 2.03. The first-order valence-electron chi connectivity index (χ1n) is 6.29. The fraction of sp³-hybridized carbons (Fsp3) is 0.125. The van der Waals surface area contributed by atoms with Gasteiger partial charge in [0.1, 0.15) is 0 Å². The molecular formula is C16H13BrClNO2. The van der Waals surface area contributed by atoms with Gasteiger partial charge in [-0.05, 0) is 19.1 Å². The second-order valence-corrected chi connectivity index (χ2v) is 6.40. The Balaban J connectivity index is 2.62. The number of ketones is 2. The van der Waals surface area contributed by atoms with Crippen LogP contribution in [0, 0.1) is 0 Å². The number of nitrogens with two attached hydrogens (primary N) is 1. The highest BCUT2D eigenvalue weighted by Crippen LogP contribution is 2.27. The maximum atomic E-state index is 12.6. The Morgan fingerprint density at radius 2 is 1.81 bits per heavy atom. The van der Waals surface area contributed by atoms with E-state index in [9.17, 15) is 9.59 Å². The molecule has 0 aliphatic carbocycles. The van der Waals surface area contributed by atoms with Gasteiger partial charge in [-0.15, -0.1) is 0 Å². The highest BCUT2D eigenvalue weighted by molar-refractivity contribution is 9.10. The van der Waals surface area contributed by atoms with Crippen molar-refractivity contribution in [2.45, 2.75) is 11.8 Å². The van der Waals surface area contributed by atoms with Crippen LogP contribution in [0.25, 0.3) is 0 Å². The highest BCUT2D eigenvalue weighted by Gasteiger charge is 2.24. The molecule has 5 heteroatoms. The average molecular weight is 367 g/mol. The van der Waals surface area contributed by atoms with Crippen LogP contribution in [-0.2, 0) is 0 Å². The summed E-state index contributed by atoms with van der Waals surface area (Å²) in [7, 11) is 0. The fourth-order valence-corrected chi connectivity index (χ4v) is 2.48. The third kappa shape index (κ3) is 3.34. The van der Waals surface area contributed by atoms with E-state index >= 15 is 0 Å². The molecule has 1 unspecified atom stereocenters. The van der Waals surface area contributed by atoms with Crippen LogP contribution in [0.5, 0.6) is 0 Å². The molecule has 0 radical (unpaired) electrons. The van der Waals surface area contributed by atoms with Gasteiger partial charge in [-0.1, -0.05) is 57.9 Å². The number of nitrogen functional groups attached to an aromatic ring is 1. The molecule has 0 bridgehead atoms. The molecule has 0 amide bonds. The molecule has 1 atom stereocenters. The molecule has 3 nitrogen and oxygen atoms in total. The summed E-state index contributed by atoms with van der Waals surface area (Å²) in [5.74, 6) is -0.523. The van der Waals surface area contributed by atoms with Crippen molar-refractivity contribution in [1.82, 2.24) is 0 Å². The number of benzene rings is 2. The first-order valence-corrected chi connectivity index (χ1v) is 7.58. The smallest absolute Gasteiger partial charge is 0.193 e. The van der Waals surface area contributed by atoms with Crippen molar-refractivity contribution in [2.24, 2.45) is 0 Å². The number of halogens is 2. The number of alkyl halides is 1. The van der Waals surface area contributed by atoms with Crippen LogP contribution in [0.3, 0.4) is 0 Å². The Morgan fingerprint density at radius 3 is 2.38 bits per heavy atom. The van der Waals surface area contributed by atoms with Crippen LogP contribution < -0.4 is 5.73 Å². The summed E-state index contributed by atoms with van der Waals surface area (Å²) in [4.78, 5) is 24.5. The van der Waals surface area contributed by atoms with Gasteiger partial charge in [0.15, 0.2) is 11.6 Å². The van der Waals surface area contributed by atoms with Gasteiger partial charge in [0.25, 0.3) is 0 Å². The summed E-state index contributed by atoms with van der Waals surface area (Å²) in [6.07, 6.45) is 0. The lowest BCUT2D eigenvalue weighted by Gasteiger charge is -2.13. The van der Waals surface area contributed by atoms with Gasteiger partial charge in [-0.25, -0.2) is 0 Å². The second kappa shape index (κ2) is 6.41. The molecule has 2 aromatic carbocycles. The SMILES string of the molecule is CC(Br)C(=O)c1c(N)cc(Cl)cc1C(=O)c1ccccc1. The number of hydrogen-bond acceptors (Lipinski definition) is 3. The lowest BCUT2D eigenvalue weighted by Crippen LogP contribution is -2.18. The largest absolute Gasteiger partial charge is 0.398 e. The van der Waals surface area contributed by atoms with E-state index in [1.807, 2.05) is 6.07 Å². The van der Waals surface area contributed by atoms with E-state index in [1.54, 1.807) is 31.2 Å². The summed E-state index contributed by atoms with van der Waals surface area (Å²) in [5, 5.41) is 0.325. The minimum absolute atomic E-state index is 0.206. The lowest BCUT2D eigenvalue weighted by molar-refractivity contribution is 0.0979. The minimum Gasteiger partial charge on any atom is -0.398 e. The molecular weight excluding hydrogens is 354 g/mol. The summed E-state index contributed by atoms with van der Waals surface area (Å²) in [6, 6.07) is 11.7. The second-order valence-electron chi connectivity index (χ2n) is 4.59. The van der Waals surface area contributed by atoms with Gasteiger partial charge in [0, 0.05) is 21.8 Å². The predicted octanol–water partition coefficient (Wildman–Crippen LogP) is 4.12. The van der Waals surface area contributed by atoms with Crippen molar-refractivity contribution in [3.63, 3.8) is 0 Å². The standard InChI is InChI=1S/C16H13BrClNO2/c1-9(17)15(20)14-12(7-11(18)8-13(14)19)16(21)10-5-3-2-4-6-10/h2-9H,19H2,1H3. The van der Waals surface area contributed by atoms with E-state index in [0.29, 0.717) is 10.6 Å². The van der Waals surface area contributed by atoms with Crippen molar-refractivity contribution in [1.29, 1.82) is 0 Å². The normalized spacial score (nSPS) is 12.0. The molecule has 0 spiro atoms. The molecule has 2 N–H and O–H groups in total. The van der Waals surface area contributed by atoms with Crippen molar-refractivity contribution >= 4 is 44.8 Å². The van der Waals surface area contributed by atoms with Gasteiger partial charge >= 0.3 is 0 Å². The van der Waals surface area contributed by atoms with Crippen LogP contribution in [0.4, 0.5) is 5.69 Å². The van der Waals surface area contributed by atoms with E-state index < -0.39 is 4.83 Å². The number of hydrogen-bond donors (Lipinski definition) is 1. The van der Waals surface area contributed by atoms with Crippen LogP contribution in [0.15, 0.2) is 42.5 Å². The van der Waals surface area contributed by atoms with E-state index in [4.69, 9.17) is 17.3 Å². The minimum atomic E-state index is -0.441. The molecule has 0 fully saturated rings. The van der Waals surface area contributed by atoms with Gasteiger partial charge in [-0.2, -0.15) is 0 Å². The first kappa shape index (κ1) is 15.7. The maximum Gasteiger partial charge on any atom is 0.193 e. The molecule has 108 valence electrons. The zero-order valence-electron chi connectivity index (χ0n) is 11.3. The zero-order valence-corrected chi connectivity index (χ0v) is 13.6. The van der Waals surface area contributed by atoms with Gasteiger partial charge in [0.05, 0.1) is 10.4 Å². The van der Waals surface area contributed by atoms with E-state index in [2.05, 4.69) is 15.9 Å². The molecule has 0 aliphatic rings. The Bertz CT molecular complexity index is 699. The van der Waals surface area contributed by atoms with Crippen LogP contribution in [0.2, 0.25) is 5.02 Å². The monoisotopic (exact) mass is 365 g/mol. The molecule has 0 aliphatic heterocycles. The third-order valence-electron chi connectivity index (χ3n) is 3.02. The third-order valence-corrected chi connectivity index (χ3v) is 3.66. The first-order chi connectivity index (χ1) is 9.91. The predicted molar refractivity (Wildman–Crippen MR) is 88.5 cm³/mol. The van der Waals surface area contributed by atoms with Crippen molar-refractivity contribution < 1.29 is 9.59 Å². The van der Waals surface area contributed by atoms with Crippen molar-refractivity contribution in [2.75, 3.05) is 5.73 Å². The van der Waals surface area contributed by atoms with Crippen molar-refractivity contribution in [3.8, 4) is 0 Å². The Kier molecular flexibility index (Phi) is 4.80. The van der Waals surface area contributed by atoms with Crippen molar-refractivity contribution in [3.05, 3.63) is 64.2 Å². The summed E-state index contributed by atoms with van der Waals surface area (Å²) in [5.41, 5.74) is 7.02. The van der Waals surface area contributed by atoms with Gasteiger partial charge < -0.3 is 5.73 Å². The molecule has 0 aromatic heterocycles. The summed E-state index contributed by atoms with van der Waals surface area (Å²) >= 11 is 9.20. The summed E-state index contributed by atoms with van der Waals surface area (Å²) in [6.45, 7) is 1.69. The van der Waals surface area contributed by atoms with Crippen LogP contribution in [-0.4, -0.2) is 16.4 Å². The lowest BCUT2D eigenvalue weighted by atomic mass is 9.94. The highest BCUT2D eigenvalue weighted by atomic mass is 79.9. The molecule has 0 saturated heterocycles. The molecule has 2 aromatic rings. The van der Waals surface area contributed by atoms with Gasteiger partial charge in [0.2, 0.25) is 0 Å². The van der Waals surface area contributed by atoms with Gasteiger partial charge in [-0.3, -0.25) is 9.59 Å². The van der Waals surface area contributed by atoms with Crippen LogP contribution >= 0.6 is 27.5 Å². The molecule has 0 heterocycles. The number of carbonyl (C=O) groups excluding carboxylic acids is 2. The maximum absolute atomic E-state index is 12.6. The quantitative estimate of drug-likeness (QED) is 0.503. The Hall–Kier alpha value is -1.65. The number of rotatable bonds is 4. The van der Waals surface area contributed by atoms with Crippen LogP contribution in [0.1, 0.15) is 33.2 Å². The Morgan fingerprint density at radius 1 is 1.19 bits per heavy atom. The molecule has 0 saturated carbocycles. The molecule has 21 heavy (non-hydrogen) atoms. The summed E-state index contributed by atoms with van der Waals surface area (Å²) < 4.78 is 0. The van der Waals surface area contributed by atoms with E-state index in [-0.39, 0.29) is 28.4 Å². The topological polar surface area (TPSA) is 60.2 Å².